The summed E-state index contributed by atoms with van der Waals surface area (Å²) in [6, 6.07) is 5.62. The normalized spacial score (nSPS) is 12.5. The van der Waals surface area contributed by atoms with Gasteiger partial charge in [-0.25, -0.2) is 0 Å². The molecule has 1 atom stereocenters. The summed E-state index contributed by atoms with van der Waals surface area (Å²) < 4.78 is 5.32. The lowest BCUT2D eigenvalue weighted by Gasteiger charge is -2.12. The Bertz CT molecular complexity index is 312. The Morgan fingerprint density at radius 3 is 2.80 bits per heavy atom. The topological polar surface area (TPSA) is 29.5 Å². The Hall–Kier alpha value is -0.830. The molecule has 0 saturated heterocycles. The standard InChI is InChI=1S/C12H18O2S/c1-3-14-11-6-4-5-10(12(11)13)7-9(2)8-15/h4-6,9,13,15H,3,7-8H2,1-2H3. The first-order chi connectivity index (χ1) is 7.19. The van der Waals surface area contributed by atoms with Crippen molar-refractivity contribution in [2.45, 2.75) is 20.3 Å². The van der Waals surface area contributed by atoms with Crippen molar-refractivity contribution in [1.29, 1.82) is 0 Å². The van der Waals surface area contributed by atoms with E-state index in [-0.39, 0.29) is 5.75 Å². The minimum Gasteiger partial charge on any atom is -0.504 e. The molecule has 2 nitrogen and oxygen atoms in total. The zero-order valence-corrected chi connectivity index (χ0v) is 10.1. The second-order valence-corrected chi connectivity index (χ2v) is 4.05. The first-order valence-corrected chi connectivity index (χ1v) is 5.86. The monoisotopic (exact) mass is 226 g/mol. The number of hydrogen-bond donors (Lipinski definition) is 2. The predicted molar refractivity (Wildman–Crippen MR) is 66.0 cm³/mol. The molecule has 0 aromatic heterocycles. The van der Waals surface area contributed by atoms with Gasteiger partial charge in [-0.3, -0.25) is 0 Å². The maximum atomic E-state index is 9.91. The Morgan fingerprint density at radius 1 is 1.47 bits per heavy atom. The van der Waals surface area contributed by atoms with Crippen LogP contribution in [0.3, 0.4) is 0 Å². The number of phenolic OH excluding ortho intramolecular Hbond substituents is 1. The maximum absolute atomic E-state index is 9.91. The van der Waals surface area contributed by atoms with Gasteiger partial charge in [0.2, 0.25) is 0 Å². The lowest BCUT2D eigenvalue weighted by atomic mass is 10.0. The quantitative estimate of drug-likeness (QED) is 0.756. The van der Waals surface area contributed by atoms with Gasteiger partial charge in [-0.1, -0.05) is 19.1 Å². The van der Waals surface area contributed by atoms with Crippen LogP contribution in [0.2, 0.25) is 0 Å². The van der Waals surface area contributed by atoms with Gasteiger partial charge in [0.25, 0.3) is 0 Å². The van der Waals surface area contributed by atoms with Crippen LogP contribution in [0.5, 0.6) is 11.5 Å². The molecule has 0 amide bonds. The number of aromatic hydroxyl groups is 1. The molecule has 0 heterocycles. The highest BCUT2D eigenvalue weighted by molar-refractivity contribution is 7.80. The molecule has 84 valence electrons. The molecule has 0 radical (unpaired) electrons. The largest absolute Gasteiger partial charge is 0.504 e. The van der Waals surface area contributed by atoms with Crippen LogP contribution in [0.25, 0.3) is 0 Å². The molecular weight excluding hydrogens is 208 g/mol. The smallest absolute Gasteiger partial charge is 0.161 e. The number of hydrogen-bond acceptors (Lipinski definition) is 3. The van der Waals surface area contributed by atoms with E-state index in [0.717, 1.165) is 17.7 Å². The summed E-state index contributed by atoms with van der Waals surface area (Å²) in [5.41, 5.74) is 0.933. The van der Waals surface area contributed by atoms with Crippen molar-refractivity contribution < 1.29 is 9.84 Å². The molecule has 1 aromatic carbocycles. The van der Waals surface area contributed by atoms with Gasteiger partial charge in [-0.2, -0.15) is 12.6 Å². The third-order valence-corrected chi connectivity index (χ3v) is 2.89. The minimum atomic E-state index is 0.271. The second kappa shape index (κ2) is 5.91. The van der Waals surface area contributed by atoms with Crippen molar-refractivity contribution in [3.05, 3.63) is 23.8 Å². The zero-order chi connectivity index (χ0) is 11.3. The molecule has 1 N–H and O–H groups in total. The first-order valence-electron chi connectivity index (χ1n) is 5.23. The van der Waals surface area contributed by atoms with Gasteiger partial charge in [0, 0.05) is 0 Å². The molecule has 0 aliphatic heterocycles. The Morgan fingerprint density at radius 2 is 2.20 bits per heavy atom. The molecule has 0 aliphatic carbocycles. The number of thiol groups is 1. The van der Waals surface area contributed by atoms with Crippen molar-refractivity contribution in [2.75, 3.05) is 12.4 Å². The van der Waals surface area contributed by atoms with Crippen LogP contribution in [-0.4, -0.2) is 17.5 Å². The summed E-state index contributed by atoms with van der Waals surface area (Å²) in [5.74, 6) is 2.11. The highest BCUT2D eigenvalue weighted by Gasteiger charge is 2.10. The first kappa shape index (κ1) is 12.2. The van der Waals surface area contributed by atoms with Gasteiger partial charge in [-0.15, -0.1) is 0 Å². The average Bonchev–Trinajstić information content (AvgIpc) is 2.24. The van der Waals surface area contributed by atoms with Crippen molar-refractivity contribution in [1.82, 2.24) is 0 Å². The van der Waals surface area contributed by atoms with E-state index in [1.165, 1.54) is 0 Å². The number of para-hydroxylation sites is 1. The molecule has 15 heavy (non-hydrogen) atoms. The van der Waals surface area contributed by atoms with Gasteiger partial charge >= 0.3 is 0 Å². The molecule has 3 heteroatoms. The van der Waals surface area contributed by atoms with Crippen LogP contribution in [0.1, 0.15) is 19.4 Å². The van der Waals surface area contributed by atoms with Crippen LogP contribution < -0.4 is 4.74 Å². The molecule has 1 unspecified atom stereocenters. The molecule has 0 fully saturated rings. The van der Waals surface area contributed by atoms with Gasteiger partial charge in [0.05, 0.1) is 6.61 Å². The van der Waals surface area contributed by atoms with Crippen molar-refractivity contribution in [3.63, 3.8) is 0 Å². The second-order valence-electron chi connectivity index (χ2n) is 3.69. The van der Waals surface area contributed by atoms with Crippen LogP contribution in [0, 0.1) is 5.92 Å². The molecule has 1 rings (SSSR count). The lowest BCUT2D eigenvalue weighted by Crippen LogP contribution is -2.02. The molecule has 0 saturated carbocycles. The lowest BCUT2D eigenvalue weighted by molar-refractivity contribution is 0.316. The maximum Gasteiger partial charge on any atom is 0.161 e. The van der Waals surface area contributed by atoms with Crippen molar-refractivity contribution in [2.24, 2.45) is 5.92 Å². The molecule has 0 bridgehead atoms. The van der Waals surface area contributed by atoms with Gasteiger partial charge in [-0.05, 0) is 36.6 Å². The van der Waals surface area contributed by atoms with Crippen LogP contribution >= 0.6 is 12.6 Å². The third kappa shape index (κ3) is 3.34. The highest BCUT2D eigenvalue weighted by Crippen LogP contribution is 2.31. The molecule has 0 aliphatic rings. The van der Waals surface area contributed by atoms with Gasteiger partial charge in [0.15, 0.2) is 11.5 Å². The minimum absolute atomic E-state index is 0.271. The fraction of sp³-hybridized carbons (Fsp3) is 0.500. The number of phenols is 1. The highest BCUT2D eigenvalue weighted by atomic mass is 32.1. The molecular formula is C12H18O2S. The molecule has 0 spiro atoms. The Kier molecular flexibility index (Phi) is 4.82. The summed E-state index contributed by atoms with van der Waals surface area (Å²) in [7, 11) is 0. The van der Waals surface area contributed by atoms with Crippen molar-refractivity contribution >= 4 is 12.6 Å². The van der Waals surface area contributed by atoms with Gasteiger partial charge < -0.3 is 9.84 Å². The number of ether oxygens (including phenoxy) is 1. The summed E-state index contributed by atoms with van der Waals surface area (Å²) in [6.45, 7) is 4.58. The fourth-order valence-corrected chi connectivity index (χ4v) is 1.57. The van der Waals surface area contributed by atoms with E-state index in [2.05, 4.69) is 19.6 Å². The summed E-state index contributed by atoms with van der Waals surface area (Å²) in [5, 5.41) is 9.91. The van der Waals surface area contributed by atoms with Gasteiger partial charge in [0.1, 0.15) is 0 Å². The van der Waals surface area contributed by atoms with E-state index in [1.807, 2.05) is 19.1 Å². The number of rotatable bonds is 5. The summed E-state index contributed by atoms with van der Waals surface area (Å²) >= 11 is 4.23. The van der Waals surface area contributed by atoms with Crippen LogP contribution in [0.15, 0.2) is 18.2 Å². The fourth-order valence-electron chi connectivity index (χ4n) is 1.44. The van der Waals surface area contributed by atoms with E-state index in [4.69, 9.17) is 4.74 Å². The van der Waals surface area contributed by atoms with E-state index in [9.17, 15) is 5.11 Å². The third-order valence-electron chi connectivity index (χ3n) is 2.26. The molecule has 1 aromatic rings. The summed E-state index contributed by atoms with van der Waals surface area (Å²) in [4.78, 5) is 0. The average molecular weight is 226 g/mol. The van der Waals surface area contributed by atoms with E-state index < -0.39 is 0 Å². The van der Waals surface area contributed by atoms with Crippen LogP contribution in [-0.2, 0) is 6.42 Å². The number of benzene rings is 1. The van der Waals surface area contributed by atoms with Crippen molar-refractivity contribution in [3.8, 4) is 11.5 Å². The summed E-state index contributed by atoms with van der Waals surface area (Å²) in [6.07, 6.45) is 0.830. The van der Waals surface area contributed by atoms with E-state index in [1.54, 1.807) is 6.07 Å². The van der Waals surface area contributed by atoms with Crippen LogP contribution in [0.4, 0.5) is 0 Å². The Labute approximate surface area is 96.7 Å². The Balaban J connectivity index is 2.84. The van der Waals surface area contributed by atoms with E-state index in [0.29, 0.717) is 18.3 Å². The zero-order valence-electron chi connectivity index (χ0n) is 9.23. The predicted octanol–water partition coefficient (Wildman–Crippen LogP) is 2.90. The SMILES string of the molecule is CCOc1cccc(CC(C)CS)c1O. The van der Waals surface area contributed by atoms with E-state index >= 15 is 0 Å².